The van der Waals surface area contributed by atoms with Crippen molar-refractivity contribution >= 4 is 11.6 Å². The van der Waals surface area contributed by atoms with Gasteiger partial charge in [-0.25, -0.2) is 5.43 Å². The van der Waals surface area contributed by atoms with E-state index >= 15 is 0 Å². The Hall–Kier alpha value is -3.22. The minimum absolute atomic E-state index is 0.368. The van der Waals surface area contributed by atoms with Crippen LogP contribution in [0.1, 0.15) is 22.8 Å². The first kappa shape index (κ1) is 17.6. The number of nitrogens with zero attached hydrogens (tertiary/aromatic N) is 1. The number of amides is 1. The van der Waals surface area contributed by atoms with Crippen LogP contribution in [0.4, 0.5) is 0 Å². The van der Waals surface area contributed by atoms with Gasteiger partial charge in [-0.15, -0.1) is 0 Å². The molecule has 3 rings (SSSR count). The zero-order valence-electron chi connectivity index (χ0n) is 14.9. The molecular weight excluding hydrogens is 336 g/mol. The average Bonchev–Trinajstić information content (AvgIpc) is 2.70. The monoisotopic (exact) mass is 356 g/mol. The van der Waals surface area contributed by atoms with Gasteiger partial charge in [0.2, 0.25) is 0 Å². The number of hydrogen-bond donors (Lipinski definition) is 1. The van der Waals surface area contributed by atoms with E-state index in [1.54, 1.807) is 32.2 Å². The number of benzene rings is 2. The molecule has 2 aromatic carbocycles. The quantitative estimate of drug-likeness (QED) is 0.658. The third-order valence-corrected chi connectivity index (χ3v) is 3.94. The van der Waals surface area contributed by atoms with Crippen molar-refractivity contribution in [1.82, 2.24) is 5.43 Å². The van der Waals surface area contributed by atoms with Crippen molar-refractivity contribution in [2.45, 2.75) is 6.92 Å². The minimum Gasteiger partial charge on any atom is -0.497 e. The third kappa shape index (κ3) is 3.72. The number of ether oxygens (including phenoxy) is 4. The van der Waals surface area contributed by atoms with Gasteiger partial charge in [0, 0.05) is 11.6 Å². The summed E-state index contributed by atoms with van der Waals surface area (Å²) in [7, 11) is 3.05. The fraction of sp³-hybridized carbons (Fsp3) is 0.263. The molecule has 0 saturated heterocycles. The van der Waals surface area contributed by atoms with Crippen molar-refractivity contribution in [2.75, 3.05) is 27.4 Å². The Morgan fingerprint density at radius 3 is 2.54 bits per heavy atom. The van der Waals surface area contributed by atoms with Crippen LogP contribution in [-0.2, 0) is 0 Å². The highest BCUT2D eigenvalue weighted by Gasteiger charge is 2.15. The number of fused-ring (bicyclic) bond motifs is 1. The van der Waals surface area contributed by atoms with Crippen LogP contribution in [-0.4, -0.2) is 39.1 Å². The lowest BCUT2D eigenvalue weighted by Gasteiger charge is -2.18. The van der Waals surface area contributed by atoms with Crippen molar-refractivity contribution in [3.63, 3.8) is 0 Å². The SMILES string of the molecule is COc1ccc(C(=O)NN=C(C)c2ccc3c(c2)OCCO3)c(OC)c1. The molecule has 7 nitrogen and oxygen atoms in total. The lowest BCUT2D eigenvalue weighted by molar-refractivity contribution is 0.0951. The second-order valence-corrected chi connectivity index (χ2v) is 5.56. The van der Waals surface area contributed by atoms with Crippen LogP contribution < -0.4 is 24.4 Å². The molecule has 1 heterocycles. The maximum atomic E-state index is 12.4. The molecule has 0 bridgehead atoms. The Morgan fingerprint density at radius 1 is 1.04 bits per heavy atom. The molecule has 0 unspecified atom stereocenters. The van der Waals surface area contributed by atoms with Gasteiger partial charge in [-0.2, -0.15) is 5.10 Å². The molecule has 7 heteroatoms. The van der Waals surface area contributed by atoms with Gasteiger partial charge in [0.15, 0.2) is 11.5 Å². The molecule has 0 atom stereocenters. The lowest BCUT2D eigenvalue weighted by Crippen LogP contribution is -2.20. The summed E-state index contributed by atoms with van der Waals surface area (Å²) < 4.78 is 21.4. The summed E-state index contributed by atoms with van der Waals surface area (Å²) in [6, 6.07) is 10.5. The normalized spacial score (nSPS) is 13.1. The van der Waals surface area contributed by atoms with Gasteiger partial charge in [0.1, 0.15) is 24.7 Å². The number of hydrogen-bond acceptors (Lipinski definition) is 6. The molecule has 0 aromatic heterocycles. The highest BCUT2D eigenvalue weighted by Crippen LogP contribution is 2.31. The minimum atomic E-state index is -0.374. The van der Waals surface area contributed by atoms with Gasteiger partial charge < -0.3 is 18.9 Å². The maximum Gasteiger partial charge on any atom is 0.275 e. The van der Waals surface area contributed by atoms with Gasteiger partial charge in [0.25, 0.3) is 5.91 Å². The molecular formula is C19H20N2O5. The molecule has 1 aliphatic rings. The molecule has 136 valence electrons. The van der Waals surface area contributed by atoms with Crippen LogP contribution in [0.3, 0.4) is 0 Å². The number of carbonyl (C=O) groups is 1. The van der Waals surface area contributed by atoms with Crippen LogP contribution in [0.5, 0.6) is 23.0 Å². The Balaban J connectivity index is 1.75. The Kier molecular flexibility index (Phi) is 5.26. The van der Waals surface area contributed by atoms with Crippen molar-refractivity contribution in [3.05, 3.63) is 47.5 Å². The van der Waals surface area contributed by atoms with Crippen molar-refractivity contribution in [3.8, 4) is 23.0 Å². The number of hydrazone groups is 1. The highest BCUT2D eigenvalue weighted by atomic mass is 16.6. The summed E-state index contributed by atoms with van der Waals surface area (Å²) in [5.41, 5.74) is 4.38. The second-order valence-electron chi connectivity index (χ2n) is 5.56. The maximum absolute atomic E-state index is 12.4. The largest absolute Gasteiger partial charge is 0.497 e. The number of carbonyl (C=O) groups excluding carboxylic acids is 1. The van der Waals surface area contributed by atoms with Crippen molar-refractivity contribution in [1.29, 1.82) is 0 Å². The van der Waals surface area contributed by atoms with E-state index in [4.69, 9.17) is 18.9 Å². The molecule has 1 amide bonds. The summed E-state index contributed by atoms with van der Waals surface area (Å²) in [6.07, 6.45) is 0. The van der Waals surface area contributed by atoms with Gasteiger partial charge in [-0.05, 0) is 37.3 Å². The molecule has 1 N–H and O–H groups in total. The Bertz CT molecular complexity index is 848. The fourth-order valence-electron chi connectivity index (χ4n) is 2.51. The predicted octanol–water partition coefficient (Wildman–Crippen LogP) is 2.63. The van der Waals surface area contributed by atoms with Crippen molar-refractivity contribution in [2.24, 2.45) is 5.10 Å². The number of nitrogens with one attached hydrogen (secondary N) is 1. The summed E-state index contributed by atoms with van der Waals surface area (Å²) >= 11 is 0. The molecule has 0 fully saturated rings. The van der Waals surface area contributed by atoms with E-state index in [1.165, 1.54) is 7.11 Å². The van der Waals surface area contributed by atoms with Crippen molar-refractivity contribution < 1.29 is 23.7 Å². The summed E-state index contributed by atoms with van der Waals surface area (Å²) in [6.45, 7) is 2.86. The van der Waals surface area contributed by atoms with Crippen LogP contribution in [0.25, 0.3) is 0 Å². The van der Waals surface area contributed by atoms with E-state index in [1.807, 2.05) is 18.2 Å². The predicted molar refractivity (Wildman–Crippen MR) is 96.7 cm³/mol. The first-order valence-corrected chi connectivity index (χ1v) is 8.09. The van der Waals surface area contributed by atoms with E-state index in [-0.39, 0.29) is 5.91 Å². The molecule has 0 aliphatic carbocycles. The van der Waals surface area contributed by atoms with E-state index in [0.29, 0.717) is 47.5 Å². The van der Waals surface area contributed by atoms with Crippen LogP contribution in [0, 0.1) is 0 Å². The standard InChI is InChI=1S/C19H20N2O5/c1-12(13-4-7-16-18(10-13)26-9-8-25-16)20-21-19(22)15-6-5-14(23-2)11-17(15)24-3/h4-7,10-11H,8-9H2,1-3H3,(H,21,22). The van der Waals surface area contributed by atoms with E-state index in [2.05, 4.69) is 10.5 Å². The summed E-state index contributed by atoms with van der Waals surface area (Å²) in [5, 5.41) is 4.17. The molecule has 0 saturated carbocycles. The fourth-order valence-corrected chi connectivity index (χ4v) is 2.51. The molecule has 0 radical (unpaired) electrons. The first-order valence-electron chi connectivity index (χ1n) is 8.09. The molecule has 1 aliphatic heterocycles. The topological polar surface area (TPSA) is 78.4 Å². The van der Waals surface area contributed by atoms with E-state index < -0.39 is 0 Å². The van der Waals surface area contributed by atoms with Gasteiger partial charge >= 0.3 is 0 Å². The summed E-state index contributed by atoms with van der Waals surface area (Å²) in [5.74, 6) is 2.02. The van der Waals surface area contributed by atoms with Gasteiger partial charge in [-0.3, -0.25) is 4.79 Å². The third-order valence-electron chi connectivity index (χ3n) is 3.94. The Morgan fingerprint density at radius 2 is 1.81 bits per heavy atom. The first-order chi connectivity index (χ1) is 12.6. The van der Waals surface area contributed by atoms with Crippen LogP contribution in [0.2, 0.25) is 0 Å². The zero-order chi connectivity index (χ0) is 18.5. The van der Waals surface area contributed by atoms with Crippen LogP contribution >= 0.6 is 0 Å². The smallest absolute Gasteiger partial charge is 0.275 e. The number of rotatable bonds is 5. The molecule has 2 aromatic rings. The lowest BCUT2D eigenvalue weighted by atomic mass is 10.1. The highest BCUT2D eigenvalue weighted by molar-refractivity contribution is 6.02. The van der Waals surface area contributed by atoms with Gasteiger partial charge in [0.05, 0.1) is 25.5 Å². The molecule has 0 spiro atoms. The van der Waals surface area contributed by atoms with E-state index in [0.717, 1.165) is 5.56 Å². The van der Waals surface area contributed by atoms with Gasteiger partial charge in [-0.1, -0.05) is 0 Å². The average molecular weight is 356 g/mol. The van der Waals surface area contributed by atoms with E-state index in [9.17, 15) is 4.79 Å². The second kappa shape index (κ2) is 7.77. The van der Waals surface area contributed by atoms with Crippen LogP contribution in [0.15, 0.2) is 41.5 Å². The Labute approximate surface area is 151 Å². The molecule has 26 heavy (non-hydrogen) atoms. The summed E-state index contributed by atoms with van der Waals surface area (Å²) in [4.78, 5) is 12.4. The number of methoxy groups -OCH3 is 2. The zero-order valence-corrected chi connectivity index (χ0v) is 14.9.